The standard InChI is InChI=1S/C18H26N2OS2/c1-13(2)8-9-14(3)20-17(21)16-7-5-4-6-15(16)12-23-18-19-10-11-22-18/h4-7,13-14H,8-12H2,1-3H3,(H,20,21). The summed E-state index contributed by atoms with van der Waals surface area (Å²) in [5.74, 6) is 2.59. The molecule has 0 saturated carbocycles. The van der Waals surface area contributed by atoms with E-state index in [1.54, 1.807) is 11.8 Å². The number of benzene rings is 1. The van der Waals surface area contributed by atoms with Gasteiger partial charge in [0.25, 0.3) is 5.91 Å². The third-order valence-electron chi connectivity index (χ3n) is 3.73. The first-order valence-corrected chi connectivity index (χ1v) is 10.2. The van der Waals surface area contributed by atoms with Crippen molar-refractivity contribution in [3.05, 3.63) is 35.4 Å². The van der Waals surface area contributed by atoms with Crippen LogP contribution in [0.15, 0.2) is 29.3 Å². The molecule has 1 aliphatic heterocycles. The number of aliphatic imine (C=N–C) groups is 1. The summed E-state index contributed by atoms with van der Waals surface area (Å²) in [6.07, 6.45) is 2.16. The van der Waals surface area contributed by atoms with Gasteiger partial charge in [-0.25, -0.2) is 0 Å². The van der Waals surface area contributed by atoms with Gasteiger partial charge in [-0.2, -0.15) is 0 Å². The molecule has 1 heterocycles. The molecule has 1 unspecified atom stereocenters. The third-order valence-corrected chi connectivity index (χ3v) is 6.03. The molecule has 2 rings (SSSR count). The Morgan fingerprint density at radius 1 is 1.30 bits per heavy atom. The van der Waals surface area contributed by atoms with Crippen LogP contribution in [0.25, 0.3) is 0 Å². The summed E-state index contributed by atoms with van der Waals surface area (Å²) in [5.41, 5.74) is 1.88. The van der Waals surface area contributed by atoms with Crippen molar-refractivity contribution in [2.45, 2.75) is 45.4 Å². The van der Waals surface area contributed by atoms with Crippen LogP contribution in [0.1, 0.15) is 49.5 Å². The van der Waals surface area contributed by atoms with Gasteiger partial charge in [0.05, 0.1) is 6.54 Å². The molecule has 0 saturated heterocycles. The van der Waals surface area contributed by atoms with Crippen LogP contribution < -0.4 is 5.32 Å². The van der Waals surface area contributed by atoms with E-state index in [-0.39, 0.29) is 11.9 Å². The first-order chi connectivity index (χ1) is 11.1. The highest BCUT2D eigenvalue weighted by atomic mass is 32.2. The SMILES string of the molecule is CC(C)CCC(C)NC(=O)c1ccccc1CSC1=NCCS1. The minimum Gasteiger partial charge on any atom is -0.350 e. The molecule has 1 aromatic rings. The first-order valence-electron chi connectivity index (χ1n) is 8.25. The molecule has 1 aliphatic rings. The summed E-state index contributed by atoms with van der Waals surface area (Å²) in [6.45, 7) is 7.43. The topological polar surface area (TPSA) is 41.5 Å². The molecule has 0 radical (unpaired) electrons. The lowest BCUT2D eigenvalue weighted by atomic mass is 10.0. The summed E-state index contributed by atoms with van der Waals surface area (Å²) >= 11 is 3.54. The molecule has 0 aromatic heterocycles. The zero-order valence-corrected chi connectivity index (χ0v) is 15.8. The highest BCUT2D eigenvalue weighted by molar-refractivity contribution is 8.38. The predicted octanol–water partition coefficient (Wildman–Crippen LogP) is 4.58. The van der Waals surface area contributed by atoms with E-state index in [1.165, 1.54) is 0 Å². The maximum atomic E-state index is 12.6. The van der Waals surface area contributed by atoms with E-state index in [9.17, 15) is 4.79 Å². The smallest absolute Gasteiger partial charge is 0.251 e. The van der Waals surface area contributed by atoms with Crippen LogP contribution in [-0.4, -0.2) is 28.6 Å². The van der Waals surface area contributed by atoms with E-state index >= 15 is 0 Å². The van der Waals surface area contributed by atoms with Gasteiger partial charge in [-0.05, 0) is 37.3 Å². The Bertz CT molecular complexity index is 558. The predicted molar refractivity (Wildman–Crippen MR) is 103 cm³/mol. The molecular formula is C18H26N2OS2. The van der Waals surface area contributed by atoms with Gasteiger partial charge in [-0.15, -0.1) is 0 Å². The molecule has 3 nitrogen and oxygen atoms in total. The van der Waals surface area contributed by atoms with Crippen molar-refractivity contribution in [3.63, 3.8) is 0 Å². The fourth-order valence-corrected chi connectivity index (χ4v) is 4.38. The molecule has 0 fully saturated rings. The number of nitrogens with zero attached hydrogens (tertiary/aromatic N) is 1. The Morgan fingerprint density at radius 3 is 2.78 bits per heavy atom. The largest absolute Gasteiger partial charge is 0.350 e. The maximum absolute atomic E-state index is 12.6. The van der Waals surface area contributed by atoms with Gasteiger partial charge in [0, 0.05) is 23.1 Å². The molecular weight excluding hydrogens is 324 g/mol. The van der Waals surface area contributed by atoms with E-state index in [0.29, 0.717) is 5.92 Å². The van der Waals surface area contributed by atoms with Crippen molar-refractivity contribution in [1.29, 1.82) is 0 Å². The number of hydrogen-bond acceptors (Lipinski definition) is 4. The van der Waals surface area contributed by atoms with Gasteiger partial charge in [-0.3, -0.25) is 9.79 Å². The Kier molecular flexibility index (Phi) is 7.50. The van der Waals surface area contributed by atoms with E-state index in [2.05, 4.69) is 31.1 Å². The Hall–Kier alpha value is -0.940. The minimum absolute atomic E-state index is 0.0402. The van der Waals surface area contributed by atoms with E-state index < -0.39 is 0 Å². The summed E-state index contributed by atoms with van der Waals surface area (Å²) < 4.78 is 1.14. The van der Waals surface area contributed by atoms with Gasteiger partial charge in [0.2, 0.25) is 0 Å². The van der Waals surface area contributed by atoms with Crippen LogP contribution in [0.5, 0.6) is 0 Å². The highest BCUT2D eigenvalue weighted by Crippen LogP contribution is 2.26. The molecule has 1 N–H and O–H groups in total. The summed E-state index contributed by atoms with van der Waals surface area (Å²) in [6, 6.07) is 8.10. The second-order valence-electron chi connectivity index (χ2n) is 6.29. The Labute approximate surface area is 148 Å². The number of carbonyl (C=O) groups excluding carboxylic acids is 1. The first kappa shape index (κ1) is 18.4. The summed E-state index contributed by atoms with van der Waals surface area (Å²) in [4.78, 5) is 17.0. The quantitative estimate of drug-likeness (QED) is 0.783. The molecule has 1 amide bonds. The maximum Gasteiger partial charge on any atom is 0.251 e. The lowest BCUT2D eigenvalue weighted by Gasteiger charge is -2.16. The number of nitrogens with one attached hydrogen (secondary N) is 1. The minimum atomic E-state index is 0.0402. The average Bonchev–Trinajstić information content (AvgIpc) is 3.04. The monoisotopic (exact) mass is 350 g/mol. The molecule has 0 aliphatic carbocycles. The molecule has 0 spiro atoms. The molecule has 5 heteroatoms. The zero-order chi connectivity index (χ0) is 16.7. The number of amides is 1. The number of rotatable bonds is 7. The number of thioether (sulfide) groups is 2. The van der Waals surface area contributed by atoms with Gasteiger partial charge < -0.3 is 5.32 Å². The molecule has 1 atom stereocenters. The average molecular weight is 351 g/mol. The van der Waals surface area contributed by atoms with Crippen LogP contribution in [0.3, 0.4) is 0 Å². The lowest BCUT2D eigenvalue weighted by Crippen LogP contribution is -2.33. The molecule has 126 valence electrons. The summed E-state index contributed by atoms with van der Waals surface area (Å²) in [7, 11) is 0. The van der Waals surface area contributed by atoms with Crippen LogP contribution in [0.2, 0.25) is 0 Å². The van der Waals surface area contributed by atoms with Crippen LogP contribution in [0.4, 0.5) is 0 Å². The van der Waals surface area contributed by atoms with Gasteiger partial charge in [-0.1, -0.05) is 55.6 Å². The highest BCUT2D eigenvalue weighted by Gasteiger charge is 2.15. The second-order valence-corrected chi connectivity index (χ2v) is 8.59. The normalized spacial score (nSPS) is 15.6. The lowest BCUT2D eigenvalue weighted by molar-refractivity contribution is 0.0936. The van der Waals surface area contributed by atoms with Crippen LogP contribution in [0, 0.1) is 5.92 Å². The second kappa shape index (κ2) is 9.38. The van der Waals surface area contributed by atoms with Gasteiger partial charge in [0.1, 0.15) is 4.38 Å². The fraction of sp³-hybridized carbons (Fsp3) is 0.556. The number of hydrogen-bond donors (Lipinski definition) is 1. The third kappa shape index (κ3) is 6.22. The Balaban J connectivity index is 1.93. The van der Waals surface area contributed by atoms with Crippen LogP contribution in [-0.2, 0) is 5.75 Å². The van der Waals surface area contributed by atoms with Crippen molar-refractivity contribution in [1.82, 2.24) is 5.32 Å². The van der Waals surface area contributed by atoms with Crippen LogP contribution >= 0.6 is 23.5 Å². The van der Waals surface area contributed by atoms with Crippen molar-refractivity contribution >= 4 is 33.8 Å². The summed E-state index contributed by atoms with van der Waals surface area (Å²) in [5, 5.41) is 3.14. The molecule has 1 aromatic carbocycles. The van der Waals surface area contributed by atoms with Crippen molar-refractivity contribution in [3.8, 4) is 0 Å². The zero-order valence-electron chi connectivity index (χ0n) is 14.2. The van der Waals surface area contributed by atoms with E-state index in [4.69, 9.17) is 0 Å². The molecule has 0 bridgehead atoms. The fourth-order valence-electron chi connectivity index (χ4n) is 2.37. The Morgan fingerprint density at radius 2 is 2.09 bits per heavy atom. The molecule has 23 heavy (non-hydrogen) atoms. The van der Waals surface area contributed by atoms with Crippen molar-refractivity contribution in [2.24, 2.45) is 10.9 Å². The van der Waals surface area contributed by atoms with Crippen molar-refractivity contribution < 1.29 is 4.79 Å². The van der Waals surface area contributed by atoms with Crippen molar-refractivity contribution in [2.75, 3.05) is 12.3 Å². The van der Waals surface area contributed by atoms with E-state index in [1.807, 2.05) is 36.0 Å². The van der Waals surface area contributed by atoms with E-state index in [0.717, 1.165) is 46.4 Å². The van der Waals surface area contributed by atoms with Gasteiger partial charge >= 0.3 is 0 Å². The number of carbonyl (C=O) groups is 1. The van der Waals surface area contributed by atoms with Gasteiger partial charge in [0.15, 0.2) is 0 Å².